The smallest absolute Gasteiger partial charge is 0.265 e. The van der Waals surface area contributed by atoms with Gasteiger partial charge in [0, 0.05) is 23.4 Å². The molecule has 1 aliphatic rings. The van der Waals surface area contributed by atoms with E-state index < -0.39 is 6.10 Å². The van der Waals surface area contributed by atoms with E-state index >= 15 is 0 Å². The highest BCUT2D eigenvalue weighted by Crippen LogP contribution is 2.28. The molecule has 0 aromatic heterocycles. The van der Waals surface area contributed by atoms with Gasteiger partial charge in [0.25, 0.3) is 11.8 Å². The van der Waals surface area contributed by atoms with Crippen LogP contribution in [0.3, 0.4) is 0 Å². The first-order valence-corrected chi connectivity index (χ1v) is 9.82. The molecule has 3 aromatic rings. The Hall–Kier alpha value is -3.80. The molecule has 2 amide bonds. The summed E-state index contributed by atoms with van der Waals surface area (Å²) in [6, 6.07) is 21.6. The highest BCUT2D eigenvalue weighted by atomic mass is 16.5. The lowest BCUT2D eigenvalue weighted by Gasteiger charge is -2.12. The van der Waals surface area contributed by atoms with E-state index in [1.54, 1.807) is 48.5 Å². The molecule has 6 heteroatoms. The maximum Gasteiger partial charge on any atom is 0.265 e. The van der Waals surface area contributed by atoms with E-state index in [1.165, 1.54) is 0 Å². The van der Waals surface area contributed by atoms with Crippen LogP contribution >= 0.6 is 0 Å². The number of nitrogens with one attached hydrogen (secondary N) is 2. The average molecular weight is 402 g/mol. The van der Waals surface area contributed by atoms with E-state index in [9.17, 15) is 9.59 Å². The van der Waals surface area contributed by atoms with Crippen molar-refractivity contribution in [3.8, 4) is 11.5 Å². The van der Waals surface area contributed by atoms with Crippen LogP contribution in [-0.2, 0) is 11.2 Å². The van der Waals surface area contributed by atoms with Crippen LogP contribution in [0.5, 0.6) is 11.5 Å². The van der Waals surface area contributed by atoms with E-state index in [0.717, 1.165) is 17.1 Å². The Bertz CT molecular complexity index is 1020. The predicted octanol–water partition coefficient (Wildman–Crippen LogP) is 4.28. The lowest BCUT2D eigenvalue weighted by atomic mass is 10.1. The quantitative estimate of drug-likeness (QED) is 0.645. The van der Waals surface area contributed by atoms with Crippen molar-refractivity contribution in [3.05, 3.63) is 83.9 Å². The van der Waals surface area contributed by atoms with Crippen molar-refractivity contribution in [2.45, 2.75) is 19.4 Å². The van der Waals surface area contributed by atoms with Crippen LogP contribution in [0.1, 0.15) is 22.8 Å². The molecule has 1 atom stereocenters. The molecule has 0 radical (unpaired) electrons. The zero-order chi connectivity index (χ0) is 20.9. The van der Waals surface area contributed by atoms with Crippen molar-refractivity contribution < 1.29 is 19.1 Å². The summed E-state index contributed by atoms with van der Waals surface area (Å²) in [7, 11) is 0. The molecule has 152 valence electrons. The second-order valence-electron chi connectivity index (χ2n) is 6.90. The van der Waals surface area contributed by atoms with E-state index in [4.69, 9.17) is 9.47 Å². The van der Waals surface area contributed by atoms with Crippen LogP contribution < -0.4 is 20.1 Å². The van der Waals surface area contributed by atoms with Gasteiger partial charge in [0.15, 0.2) is 6.10 Å². The molecule has 0 saturated carbocycles. The Balaban J connectivity index is 1.33. The number of carbonyl (C=O) groups is 2. The highest BCUT2D eigenvalue weighted by molar-refractivity contribution is 6.04. The number of ether oxygens (including phenoxy) is 2. The summed E-state index contributed by atoms with van der Waals surface area (Å²) in [6.45, 7) is 2.51. The number of benzene rings is 3. The van der Waals surface area contributed by atoms with Crippen LogP contribution in [0.15, 0.2) is 72.8 Å². The van der Waals surface area contributed by atoms with Gasteiger partial charge in [0.2, 0.25) is 0 Å². The summed E-state index contributed by atoms with van der Waals surface area (Å²) < 4.78 is 11.1. The van der Waals surface area contributed by atoms with Gasteiger partial charge in [0.05, 0.1) is 6.61 Å². The van der Waals surface area contributed by atoms with Crippen molar-refractivity contribution in [2.24, 2.45) is 0 Å². The maximum absolute atomic E-state index is 12.5. The van der Waals surface area contributed by atoms with Crippen molar-refractivity contribution in [1.29, 1.82) is 0 Å². The van der Waals surface area contributed by atoms with Gasteiger partial charge >= 0.3 is 0 Å². The van der Waals surface area contributed by atoms with Gasteiger partial charge in [-0.2, -0.15) is 0 Å². The fourth-order valence-electron chi connectivity index (χ4n) is 3.26. The van der Waals surface area contributed by atoms with Gasteiger partial charge in [-0.05, 0) is 67.1 Å². The number of fused-ring (bicyclic) bond motifs is 1. The van der Waals surface area contributed by atoms with Crippen molar-refractivity contribution >= 4 is 23.2 Å². The van der Waals surface area contributed by atoms with Gasteiger partial charge in [0.1, 0.15) is 11.5 Å². The first-order chi connectivity index (χ1) is 14.6. The van der Waals surface area contributed by atoms with Gasteiger partial charge in [-0.25, -0.2) is 0 Å². The number of rotatable bonds is 6. The second kappa shape index (κ2) is 8.69. The molecular weight excluding hydrogens is 380 g/mol. The standard InChI is InChI=1S/C24H22N2O4/c1-2-29-20-13-11-19(12-14-20)25-23(27)16-7-9-18(10-8-16)26-24(28)22-15-17-5-3-4-6-21(17)30-22/h3-14,22H,2,15H2,1H3,(H,25,27)(H,26,28). The van der Waals surface area contributed by atoms with Gasteiger partial charge in [-0.15, -0.1) is 0 Å². The van der Waals surface area contributed by atoms with Crippen LogP contribution in [0.4, 0.5) is 11.4 Å². The third-order valence-corrected chi connectivity index (χ3v) is 4.78. The molecule has 0 bridgehead atoms. The van der Waals surface area contributed by atoms with E-state index in [2.05, 4.69) is 10.6 Å². The summed E-state index contributed by atoms with van der Waals surface area (Å²) in [5, 5.41) is 5.68. The molecule has 4 rings (SSSR count). The second-order valence-corrected chi connectivity index (χ2v) is 6.90. The molecule has 2 N–H and O–H groups in total. The molecule has 1 heterocycles. The van der Waals surface area contributed by atoms with Crippen molar-refractivity contribution in [1.82, 2.24) is 0 Å². The number of amides is 2. The summed E-state index contributed by atoms with van der Waals surface area (Å²) in [5.74, 6) is 1.06. The summed E-state index contributed by atoms with van der Waals surface area (Å²) in [6.07, 6.45) is -0.00468. The Morgan fingerprint density at radius 3 is 2.30 bits per heavy atom. The average Bonchev–Trinajstić information content (AvgIpc) is 3.20. The van der Waals surface area contributed by atoms with Crippen LogP contribution in [-0.4, -0.2) is 24.5 Å². The summed E-state index contributed by atoms with van der Waals surface area (Å²) in [4.78, 5) is 24.9. The van der Waals surface area contributed by atoms with Crippen molar-refractivity contribution in [2.75, 3.05) is 17.2 Å². The summed E-state index contributed by atoms with van der Waals surface area (Å²) >= 11 is 0. The molecule has 3 aromatic carbocycles. The number of anilines is 2. The minimum absolute atomic E-state index is 0.210. The van der Waals surface area contributed by atoms with Gasteiger partial charge in [-0.1, -0.05) is 18.2 Å². The molecule has 0 saturated heterocycles. The lowest BCUT2D eigenvalue weighted by molar-refractivity contribution is -0.122. The van der Waals surface area contributed by atoms with Crippen molar-refractivity contribution in [3.63, 3.8) is 0 Å². The fraction of sp³-hybridized carbons (Fsp3) is 0.167. The molecule has 1 aliphatic heterocycles. The van der Waals surface area contributed by atoms with E-state index in [1.807, 2.05) is 31.2 Å². The first kappa shape index (κ1) is 19.5. The minimum atomic E-state index is -0.551. The largest absolute Gasteiger partial charge is 0.494 e. The fourth-order valence-corrected chi connectivity index (χ4v) is 3.26. The Kier molecular flexibility index (Phi) is 5.66. The normalized spacial score (nSPS) is 14.4. The molecule has 6 nitrogen and oxygen atoms in total. The molecule has 30 heavy (non-hydrogen) atoms. The predicted molar refractivity (Wildman–Crippen MR) is 115 cm³/mol. The molecule has 1 unspecified atom stereocenters. The van der Waals surface area contributed by atoms with E-state index in [0.29, 0.717) is 30.0 Å². The molecular formula is C24H22N2O4. The van der Waals surface area contributed by atoms with Crippen LogP contribution in [0, 0.1) is 0 Å². The Labute approximate surface area is 174 Å². The topological polar surface area (TPSA) is 76.7 Å². The molecule has 0 spiro atoms. The zero-order valence-corrected chi connectivity index (χ0v) is 16.6. The minimum Gasteiger partial charge on any atom is -0.494 e. The number of para-hydroxylation sites is 1. The van der Waals surface area contributed by atoms with Crippen LogP contribution in [0.25, 0.3) is 0 Å². The number of hydrogen-bond acceptors (Lipinski definition) is 4. The number of hydrogen-bond donors (Lipinski definition) is 2. The molecule has 0 fully saturated rings. The maximum atomic E-state index is 12.5. The zero-order valence-electron chi connectivity index (χ0n) is 16.6. The third-order valence-electron chi connectivity index (χ3n) is 4.78. The molecule has 0 aliphatic carbocycles. The monoisotopic (exact) mass is 402 g/mol. The van der Waals surface area contributed by atoms with Crippen LogP contribution in [0.2, 0.25) is 0 Å². The Morgan fingerprint density at radius 1 is 0.933 bits per heavy atom. The van der Waals surface area contributed by atoms with E-state index in [-0.39, 0.29) is 11.8 Å². The number of carbonyl (C=O) groups excluding carboxylic acids is 2. The first-order valence-electron chi connectivity index (χ1n) is 9.82. The van der Waals surface area contributed by atoms with Gasteiger partial charge < -0.3 is 20.1 Å². The third kappa shape index (κ3) is 4.43. The SMILES string of the molecule is CCOc1ccc(NC(=O)c2ccc(NC(=O)C3Cc4ccccc4O3)cc2)cc1. The Morgan fingerprint density at radius 2 is 1.60 bits per heavy atom. The summed E-state index contributed by atoms with van der Waals surface area (Å²) in [5.41, 5.74) is 2.81. The highest BCUT2D eigenvalue weighted by Gasteiger charge is 2.28. The van der Waals surface area contributed by atoms with Gasteiger partial charge in [-0.3, -0.25) is 9.59 Å². The lowest BCUT2D eigenvalue weighted by Crippen LogP contribution is -2.31.